The van der Waals surface area contributed by atoms with Gasteiger partial charge < -0.3 is 9.64 Å². The third kappa shape index (κ3) is 4.91. The van der Waals surface area contributed by atoms with Crippen LogP contribution in [0.4, 0.5) is 4.79 Å². The van der Waals surface area contributed by atoms with Crippen LogP contribution in [0.15, 0.2) is 24.3 Å². The number of amides is 1. The van der Waals surface area contributed by atoms with Gasteiger partial charge in [0.25, 0.3) is 0 Å². The average molecular weight is 324 g/mol. The van der Waals surface area contributed by atoms with Gasteiger partial charge in [0, 0.05) is 18.1 Å². The fourth-order valence-electron chi connectivity index (χ4n) is 3.04. The fourth-order valence-corrected chi connectivity index (χ4v) is 3.16. The van der Waals surface area contributed by atoms with Crippen LogP contribution in [-0.2, 0) is 11.2 Å². The van der Waals surface area contributed by atoms with Gasteiger partial charge in [0.2, 0.25) is 0 Å². The molecule has 0 saturated carbocycles. The van der Waals surface area contributed by atoms with E-state index in [-0.39, 0.29) is 11.5 Å². The minimum absolute atomic E-state index is 0.0863. The normalized spacial score (nSPS) is 22.5. The molecule has 0 bridgehead atoms. The van der Waals surface area contributed by atoms with Crippen molar-refractivity contribution in [3.63, 3.8) is 0 Å². The molecule has 0 spiro atoms. The second-order valence-electron chi connectivity index (χ2n) is 7.62. The van der Waals surface area contributed by atoms with Crippen molar-refractivity contribution in [1.82, 2.24) is 4.90 Å². The Labute approximate surface area is 138 Å². The van der Waals surface area contributed by atoms with Gasteiger partial charge >= 0.3 is 6.09 Å². The van der Waals surface area contributed by atoms with Crippen molar-refractivity contribution in [2.45, 2.75) is 52.6 Å². The zero-order valence-corrected chi connectivity index (χ0v) is 14.7. The number of nitrogens with zero attached hydrogens (tertiary/aromatic N) is 1. The average Bonchev–Trinajstić information content (AvgIpc) is 2.39. The van der Waals surface area contributed by atoms with E-state index in [0.717, 1.165) is 37.4 Å². The Morgan fingerprint density at radius 2 is 1.95 bits per heavy atom. The zero-order chi connectivity index (χ0) is 16.4. The van der Waals surface area contributed by atoms with Gasteiger partial charge in [-0.2, -0.15) is 0 Å². The number of benzene rings is 1. The Balaban J connectivity index is 2.02. The third-order valence-corrected chi connectivity index (χ3v) is 4.23. The highest BCUT2D eigenvalue weighted by Gasteiger charge is 2.35. The molecule has 1 aliphatic rings. The lowest BCUT2D eigenvalue weighted by Gasteiger charge is -2.41. The molecular formula is C18H26ClNO2. The lowest BCUT2D eigenvalue weighted by atomic mass is 9.77. The van der Waals surface area contributed by atoms with E-state index >= 15 is 0 Å². The Morgan fingerprint density at radius 3 is 2.55 bits per heavy atom. The van der Waals surface area contributed by atoms with Gasteiger partial charge in [0.1, 0.15) is 5.60 Å². The number of rotatable bonds is 2. The number of piperidine rings is 1. The Hall–Kier alpha value is -1.22. The molecule has 3 nitrogen and oxygen atoms in total. The highest BCUT2D eigenvalue weighted by atomic mass is 35.5. The zero-order valence-electron chi connectivity index (χ0n) is 14.0. The summed E-state index contributed by atoms with van der Waals surface area (Å²) >= 11 is 5.95. The fraction of sp³-hybridized carbons (Fsp3) is 0.611. The predicted molar refractivity (Wildman–Crippen MR) is 90.3 cm³/mol. The van der Waals surface area contributed by atoms with Crippen molar-refractivity contribution >= 4 is 17.7 Å². The first kappa shape index (κ1) is 17.1. The topological polar surface area (TPSA) is 29.5 Å². The second-order valence-corrected chi connectivity index (χ2v) is 8.06. The van der Waals surface area contributed by atoms with Gasteiger partial charge in [-0.05, 0) is 63.1 Å². The lowest BCUT2D eigenvalue weighted by molar-refractivity contribution is 0.00670. The number of halogens is 1. The molecule has 0 aromatic heterocycles. The molecule has 4 heteroatoms. The number of carbonyl (C=O) groups is 1. The standard InChI is InChI=1S/C18H26ClNO2/c1-17(2,3)22-16(21)20-11-5-10-18(4,13-20)12-14-6-8-15(19)9-7-14/h6-9H,5,10-13H2,1-4H3. The first-order chi connectivity index (χ1) is 10.2. The SMILES string of the molecule is CC1(Cc2ccc(Cl)cc2)CCCN(C(=O)OC(C)(C)C)C1. The number of hydrogen-bond donors (Lipinski definition) is 0. The molecule has 2 rings (SSSR count). The number of ether oxygens (including phenoxy) is 1. The summed E-state index contributed by atoms with van der Waals surface area (Å²) in [6.07, 6.45) is 2.89. The Bertz CT molecular complexity index is 521. The molecule has 1 heterocycles. The van der Waals surface area contributed by atoms with Crippen LogP contribution >= 0.6 is 11.6 Å². The summed E-state index contributed by atoms with van der Waals surface area (Å²) < 4.78 is 5.51. The minimum Gasteiger partial charge on any atom is -0.444 e. The summed E-state index contributed by atoms with van der Waals surface area (Å²) in [7, 11) is 0. The molecule has 0 radical (unpaired) electrons. The van der Waals surface area contributed by atoms with E-state index in [1.54, 1.807) is 0 Å². The van der Waals surface area contributed by atoms with Crippen LogP contribution in [0.3, 0.4) is 0 Å². The number of likely N-dealkylation sites (tertiary alicyclic amines) is 1. The first-order valence-corrected chi connectivity index (χ1v) is 8.27. The quantitative estimate of drug-likeness (QED) is 0.773. The monoisotopic (exact) mass is 323 g/mol. The maximum absolute atomic E-state index is 12.3. The van der Waals surface area contributed by atoms with Crippen molar-refractivity contribution in [3.05, 3.63) is 34.9 Å². The van der Waals surface area contributed by atoms with E-state index < -0.39 is 5.60 Å². The molecule has 0 aliphatic carbocycles. The van der Waals surface area contributed by atoms with Crippen molar-refractivity contribution in [1.29, 1.82) is 0 Å². The Kier molecular flexibility index (Phi) is 5.06. The van der Waals surface area contributed by atoms with Gasteiger partial charge in [-0.3, -0.25) is 0 Å². The van der Waals surface area contributed by atoms with Gasteiger partial charge in [-0.15, -0.1) is 0 Å². The summed E-state index contributed by atoms with van der Waals surface area (Å²) in [5, 5.41) is 0.757. The molecule has 1 aromatic rings. The molecule has 1 amide bonds. The van der Waals surface area contributed by atoms with Crippen LogP contribution in [-0.4, -0.2) is 29.7 Å². The second kappa shape index (κ2) is 6.49. The maximum atomic E-state index is 12.3. The maximum Gasteiger partial charge on any atom is 0.410 e. The van der Waals surface area contributed by atoms with Crippen molar-refractivity contribution in [2.75, 3.05) is 13.1 Å². The van der Waals surface area contributed by atoms with Crippen molar-refractivity contribution in [3.8, 4) is 0 Å². The molecule has 1 unspecified atom stereocenters. The van der Waals surface area contributed by atoms with Gasteiger partial charge in [-0.1, -0.05) is 30.7 Å². The van der Waals surface area contributed by atoms with E-state index in [1.165, 1.54) is 5.56 Å². The summed E-state index contributed by atoms with van der Waals surface area (Å²) in [6, 6.07) is 7.99. The van der Waals surface area contributed by atoms with Crippen LogP contribution in [0.1, 0.15) is 46.1 Å². The van der Waals surface area contributed by atoms with Crippen LogP contribution in [0.5, 0.6) is 0 Å². The highest BCUT2D eigenvalue weighted by Crippen LogP contribution is 2.34. The summed E-state index contributed by atoms with van der Waals surface area (Å²) in [6.45, 7) is 9.49. The molecule has 1 aromatic carbocycles. The lowest BCUT2D eigenvalue weighted by Crippen LogP contribution is -2.47. The minimum atomic E-state index is -0.443. The van der Waals surface area contributed by atoms with Crippen molar-refractivity contribution in [2.24, 2.45) is 5.41 Å². The van der Waals surface area contributed by atoms with Crippen molar-refractivity contribution < 1.29 is 9.53 Å². The predicted octanol–water partition coefficient (Wildman–Crippen LogP) is 4.92. The molecule has 22 heavy (non-hydrogen) atoms. The summed E-state index contributed by atoms with van der Waals surface area (Å²) in [4.78, 5) is 14.1. The third-order valence-electron chi connectivity index (χ3n) is 3.98. The molecule has 1 fully saturated rings. The summed E-state index contributed by atoms with van der Waals surface area (Å²) in [5.74, 6) is 0. The molecular weight excluding hydrogens is 298 g/mol. The van der Waals surface area contributed by atoms with Crippen LogP contribution < -0.4 is 0 Å². The molecule has 0 N–H and O–H groups in total. The van der Waals surface area contributed by atoms with Gasteiger partial charge in [-0.25, -0.2) is 4.79 Å². The first-order valence-electron chi connectivity index (χ1n) is 7.89. The Morgan fingerprint density at radius 1 is 1.32 bits per heavy atom. The summed E-state index contributed by atoms with van der Waals surface area (Å²) in [5.41, 5.74) is 0.905. The molecule has 1 saturated heterocycles. The van der Waals surface area contributed by atoms with Crippen LogP contribution in [0.2, 0.25) is 5.02 Å². The van der Waals surface area contributed by atoms with Gasteiger partial charge in [0.15, 0.2) is 0 Å². The van der Waals surface area contributed by atoms with E-state index in [4.69, 9.17) is 16.3 Å². The number of carbonyl (C=O) groups excluding carboxylic acids is 1. The van der Waals surface area contributed by atoms with Crippen LogP contribution in [0, 0.1) is 5.41 Å². The van der Waals surface area contributed by atoms with E-state index in [2.05, 4.69) is 19.1 Å². The van der Waals surface area contributed by atoms with Gasteiger partial charge in [0.05, 0.1) is 0 Å². The highest BCUT2D eigenvalue weighted by molar-refractivity contribution is 6.30. The number of hydrogen-bond acceptors (Lipinski definition) is 2. The molecule has 122 valence electrons. The van der Waals surface area contributed by atoms with E-state index in [9.17, 15) is 4.79 Å². The van der Waals surface area contributed by atoms with Crippen LogP contribution in [0.25, 0.3) is 0 Å². The van der Waals surface area contributed by atoms with E-state index in [0.29, 0.717) is 0 Å². The smallest absolute Gasteiger partial charge is 0.410 e. The molecule has 1 atom stereocenters. The largest absolute Gasteiger partial charge is 0.444 e. The molecule has 1 aliphatic heterocycles. The van der Waals surface area contributed by atoms with E-state index in [1.807, 2.05) is 37.8 Å².